The third-order valence-electron chi connectivity index (χ3n) is 3.99. The first-order valence-electron chi connectivity index (χ1n) is 7.59. The van der Waals surface area contributed by atoms with Crippen LogP contribution in [0.2, 0.25) is 0 Å². The van der Waals surface area contributed by atoms with Gasteiger partial charge in [-0.1, -0.05) is 56.3 Å². The normalized spacial score (nSPS) is 12.0. The van der Waals surface area contributed by atoms with Gasteiger partial charge in [-0.3, -0.25) is 4.79 Å². The van der Waals surface area contributed by atoms with Crippen molar-refractivity contribution in [1.82, 2.24) is 4.90 Å². The second-order valence-corrected chi connectivity index (χ2v) is 5.26. The van der Waals surface area contributed by atoms with Crippen LogP contribution in [0.15, 0.2) is 54.6 Å². The summed E-state index contributed by atoms with van der Waals surface area (Å²) in [7, 11) is 1.90. The number of rotatable bonds is 5. The molecule has 0 aliphatic carbocycles. The lowest BCUT2D eigenvalue weighted by Crippen LogP contribution is -2.31. The second-order valence-electron chi connectivity index (χ2n) is 5.26. The van der Waals surface area contributed by atoms with E-state index in [1.54, 1.807) is 0 Å². The first-order chi connectivity index (χ1) is 10.2. The van der Waals surface area contributed by atoms with Gasteiger partial charge < -0.3 is 4.90 Å². The zero-order valence-electron chi connectivity index (χ0n) is 13.0. The molecule has 2 nitrogen and oxygen atoms in total. The molecule has 0 aliphatic rings. The standard InChI is InChI=1S/C19H23NO/c1-4-15-11-9-10-14-17(15)18(5-2)20(3)19(21)16-12-7-6-8-13-16/h6-14,18H,4-5H2,1-3H3/t18-/m0/s1. The quantitative estimate of drug-likeness (QED) is 0.791. The SMILES string of the molecule is CCc1ccccc1[C@H](CC)N(C)C(=O)c1ccccc1. The molecule has 2 aromatic carbocycles. The Balaban J connectivity index is 2.31. The Morgan fingerprint density at radius 1 is 1.00 bits per heavy atom. The zero-order chi connectivity index (χ0) is 15.2. The summed E-state index contributed by atoms with van der Waals surface area (Å²) in [6.45, 7) is 4.29. The number of carbonyl (C=O) groups is 1. The summed E-state index contributed by atoms with van der Waals surface area (Å²) in [6.07, 6.45) is 1.89. The van der Waals surface area contributed by atoms with E-state index in [4.69, 9.17) is 0 Å². The van der Waals surface area contributed by atoms with Gasteiger partial charge in [0.1, 0.15) is 0 Å². The molecule has 110 valence electrons. The van der Waals surface area contributed by atoms with Gasteiger partial charge >= 0.3 is 0 Å². The summed E-state index contributed by atoms with van der Waals surface area (Å²) in [5.41, 5.74) is 3.32. The summed E-state index contributed by atoms with van der Waals surface area (Å²) in [6, 6.07) is 18.0. The van der Waals surface area contributed by atoms with Crippen LogP contribution in [0.3, 0.4) is 0 Å². The molecule has 0 saturated carbocycles. The van der Waals surface area contributed by atoms with Gasteiger partial charge in [0.2, 0.25) is 0 Å². The van der Waals surface area contributed by atoms with Crippen molar-refractivity contribution in [3.05, 3.63) is 71.3 Å². The molecule has 0 N–H and O–H groups in total. The van der Waals surface area contributed by atoms with Gasteiger partial charge in [-0.05, 0) is 36.1 Å². The molecule has 1 atom stereocenters. The number of carbonyl (C=O) groups excluding carboxylic acids is 1. The Morgan fingerprint density at radius 2 is 1.62 bits per heavy atom. The molecule has 0 aliphatic heterocycles. The van der Waals surface area contributed by atoms with Crippen LogP contribution in [0.4, 0.5) is 0 Å². The Hall–Kier alpha value is -2.09. The van der Waals surface area contributed by atoms with E-state index in [1.807, 2.05) is 42.3 Å². The molecule has 0 bridgehead atoms. The molecular weight excluding hydrogens is 258 g/mol. The van der Waals surface area contributed by atoms with Crippen molar-refractivity contribution in [3.8, 4) is 0 Å². The monoisotopic (exact) mass is 281 g/mol. The van der Waals surface area contributed by atoms with E-state index in [1.165, 1.54) is 11.1 Å². The predicted octanol–water partition coefficient (Wildman–Crippen LogP) is 4.47. The summed E-state index contributed by atoms with van der Waals surface area (Å²) in [4.78, 5) is 14.5. The fourth-order valence-electron chi connectivity index (χ4n) is 2.81. The van der Waals surface area contributed by atoms with Crippen LogP contribution in [0, 0.1) is 0 Å². The molecule has 0 fully saturated rings. The first-order valence-corrected chi connectivity index (χ1v) is 7.59. The molecule has 0 unspecified atom stereocenters. The minimum absolute atomic E-state index is 0.0772. The van der Waals surface area contributed by atoms with E-state index >= 15 is 0 Å². The molecule has 2 aromatic rings. The minimum Gasteiger partial charge on any atom is -0.335 e. The summed E-state index contributed by atoms with van der Waals surface area (Å²) in [5, 5.41) is 0. The van der Waals surface area contributed by atoms with Crippen molar-refractivity contribution >= 4 is 5.91 Å². The van der Waals surface area contributed by atoms with Gasteiger partial charge in [0.25, 0.3) is 5.91 Å². The number of nitrogens with zero attached hydrogens (tertiary/aromatic N) is 1. The van der Waals surface area contributed by atoms with Gasteiger partial charge in [-0.2, -0.15) is 0 Å². The molecule has 0 radical (unpaired) electrons. The fourth-order valence-corrected chi connectivity index (χ4v) is 2.81. The van der Waals surface area contributed by atoms with Crippen molar-refractivity contribution in [3.63, 3.8) is 0 Å². The van der Waals surface area contributed by atoms with Crippen LogP contribution in [0.5, 0.6) is 0 Å². The van der Waals surface area contributed by atoms with Crippen molar-refractivity contribution < 1.29 is 4.79 Å². The molecular formula is C19H23NO. The summed E-state index contributed by atoms with van der Waals surface area (Å²) >= 11 is 0. The van der Waals surface area contributed by atoms with E-state index in [0.717, 1.165) is 18.4 Å². The van der Waals surface area contributed by atoms with Gasteiger partial charge in [-0.25, -0.2) is 0 Å². The predicted molar refractivity (Wildman–Crippen MR) is 87.4 cm³/mol. The largest absolute Gasteiger partial charge is 0.335 e. The van der Waals surface area contributed by atoms with E-state index < -0.39 is 0 Å². The van der Waals surface area contributed by atoms with Crippen LogP contribution < -0.4 is 0 Å². The van der Waals surface area contributed by atoms with E-state index in [2.05, 4.69) is 38.1 Å². The lowest BCUT2D eigenvalue weighted by atomic mass is 9.95. The van der Waals surface area contributed by atoms with Crippen LogP contribution in [0.25, 0.3) is 0 Å². The highest BCUT2D eigenvalue weighted by Crippen LogP contribution is 2.27. The average molecular weight is 281 g/mol. The average Bonchev–Trinajstić information content (AvgIpc) is 2.56. The topological polar surface area (TPSA) is 20.3 Å². The van der Waals surface area contributed by atoms with E-state index in [0.29, 0.717) is 0 Å². The van der Waals surface area contributed by atoms with Crippen molar-refractivity contribution in [2.75, 3.05) is 7.05 Å². The maximum atomic E-state index is 12.6. The highest BCUT2D eigenvalue weighted by Gasteiger charge is 2.22. The van der Waals surface area contributed by atoms with Crippen LogP contribution in [-0.4, -0.2) is 17.9 Å². The second kappa shape index (κ2) is 7.07. The number of hydrogen-bond donors (Lipinski definition) is 0. The Morgan fingerprint density at radius 3 is 2.24 bits per heavy atom. The molecule has 21 heavy (non-hydrogen) atoms. The molecule has 2 heteroatoms. The Bertz CT molecular complexity index is 592. The molecule has 2 rings (SSSR count). The lowest BCUT2D eigenvalue weighted by molar-refractivity contribution is 0.0725. The number of amides is 1. The van der Waals surface area contributed by atoms with Gasteiger partial charge in [0, 0.05) is 12.6 Å². The van der Waals surface area contributed by atoms with Gasteiger partial charge in [0.05, 0.1) is 6.04 Å². The van der Waals surface area contributed by atoms with Crippen LogP contribution in [-0.2, 0) is 6.42 Å². The van der Waals surface area contributed by atoms with Crippen molar-refractivity contribution in [2.24, 2.45) is 0 Å². The Kier molecular flexibility index (Phi) is 5.15. The minimum atomic E-state index is 0.0772. The molecule has 0 aromatic heterocycles. The zero-order valence-corrected chi connectivity index (χ0v) is 13.0. The molecule has 0 spiro atoms. The molecule has 1 amide bonds. The summed E-state index contributed by atoms with van der Waals surface area (Å²) in [5.74, 6) is 0.0772. The van der Waals surface area contributed by atoms with E-state index in [9.17, 15) is 4.79 Å². The van der Waals surface area contributed by atoms with Crippen LogP contribution in [0.1, 0.15) is 47.8 Å². The molecule has 0 saturated heterocycles. The highest BCUT2D eigenvalue weighted by atomic mass is 16.2. The number of aryl methyl sites for hydroxylation is 1. The lowest BCUT2D eigenvalue weighted by Gasteiger charge is -2.29. The van der Waals surface area contributed by atoms with Crippen molar-refractivity contribution in [1.29, 1.82) is 0 Å². The van der Waals surface area contributed by atoms with Crippen molar-refractivity contribution in [2.45, 2.75) is 32.7 Å². The van der Waals surface area contributed by atoms with Gasteiger partial charge in [0.15, 0.2) is 0 Å². The number of benzene rings is 2. The first kappa shape index (κ1) is 15.3. The Labute approximate surface area is 127 Å². The third kappa shape index (κ3) is 3.33. The van der Waals surface area contributed by atoms with Crippen LogP contribution >= 0.6 is 0 Å². The van der Waals surface area contributed by atoms with Gasteiger partial charge in [-0.15, -0.1) is 0 Å². The smallest absolute Gasteiger partial charge is 0.254 e. The maximum Gasteiger partial charge on any atom is 0.254 e. The third-order valence-corrected chi connectivity index (χ3v) is 3.99. The fraction of sp³-hybridized carbons (Fsp3) is 0.316. The molecule has 0 heterocycles. The summed E-state index contributed by atoms with van der Waals surface area (Å²) < 4.78 is 0. The highest BCUT2D eigenvalue weighted by molar-refractivity contribution is 5.94. The number of hydrogen-bond acceptors (Lipinski definition) is 1. The maximum absolute atomic E-state index is 12.6. The van der Waals surface area contributed by atoms with E-state index in [-0.39, 0.29) is 11.9 Å².